The molecule has 0 saturated heterocycles. The summed E-state index contributed by atoms with van der Waals surface area (Å²) in [5.41, 5.74) is 8.19. The van der Waals surface area contributed by atoms with E-state index in [2.05, 4.69) is 60.0 Å². The lowest BCUT2D eigenvalue weighted by Gasteiger charge is -2.12. The minimum absolute atomic E-state index is 0.242. The Morgan fingerprint density at radius 3 is 1.97 bits per heavy atom. The number of benzene rings is 3. The zero-order valence-corrected chi connectivity index (χ0v) is 17.0. The Labute approximate surface area is 170 Å². The molecule has 2 aliphatic rings. The second-order valence-corrected chi connectivity index (χ2v) is 7.93. The Bertz CT molecular complexity index is 1250. The van der Waals surface area contributed by atoms with Crippen molar-refractivity contribution in [2.24, 2.45) is 0 Å². The largest absolute Gasteiger partial charge is 0.465 e. The van der Waals surface area contributed by atoms with Gasteiger partial charge in [-0.15, -0.1) is 0 Å². The van der Waals surface area contributed by atoms with Gasteiger partial charge in [-0.05, 0) is 85.2 Å². The summed E-state index contributed by atoms with van der Waals surface area (Å²) >= 11 is 0. The standard InChI is InChI=1S/C26H25NO2/c1-3-27-24-12-8-18-5-4-17-6-10-20(21(14-17)26(28)29-2)11-7-19-9-13-25(27)23(16-19)22(24)15-18/h6,8-10,12-16H,3-5,7,11H2,1-2H3. The Morgan fingerprint density at radius 2 is 1.38 bits per heavy atom. The van der Waals surface area contributed by atoms with Crippen LogP contribution >= 0.6 is 0 Å². The Morgan fingerprint density at radius 1 is 0.828 bits per heavy atom. The quantitative estimate of drug-likeness (QED) is 0.429. The molecule has 0 amide bonds. The lowest BCUT2D eigenvalue weighted by atomic mass is 9.94. The molecule has 0 spiro atoms. The third-order valence-corrected chi connectivity index (χ3v) is 6.27. The molecule has 0 radical (unpaired) electrons. The summed E-state index contributed by atoms with van der Waals surface area (Å²) in [6.07, 6.45) is 3.59. The van der Waals surface area contributed by atoms with Crippen LogP contribution in [0, 0.1) is 0 Å². The molecular formula is C26H25NO2. The predicted octanol–water partition coefficient (Wildman–Crippen LogP) is 5.48. The van der Waals surface area contributed by atoms with Crippen molar-refractivity contribution in [1.82, 2.24) is 4.57 Å². The molecular weight excluding hydrogens is 358 g/mol. The molecule has 146 valence electrons. The first-order chi connectivity index (χ1) is 14.2. The zero-order chi connectivity index (χ0) is 20.0. The van der Waals surface area contributed by atoms with Crippen LogP contribution in [0.15, 0.2) is 54.6 Å². The number of rotatable bonds is 2. The first-order valence-corrected chi connectivity index (χ1v) is 10.4. The van der Waals surface area contributed by atoms with Gasteiger partial charge in [-0.3, -0.25) is 0 Å². The van der Waals surface area contributed by atoms with Crippen molar-refractivity contribution in [3.8, 4) is 0 Å². The van der Waals surface area contributed by atoms with E-state index in [1.54, 1.807) is 0 Å². The van der Waals surface area contributed by atoms with E-state index in [9.17, 15) is 4.79 Å². The average Bonchev–Trinajstić information content (AvgIpc) is 3.08. The SMILES string of the molecule is CCn1c2ccc3cc2c2cc(ccc21)CCc1ccc(cc1C(=O)OC)CC3. The molecule has 0 aliphatic heterocycles. The van der Waals surface area contributed by atoms with Crippen LogP contribution in [0.2, 0.25) is 0 Å². The second-order valence-electron chi connectivity index (χ2n) is 7.93. The van der Waals surface area contributed by atoms with Gasteiger partial charge >= 0.3 is 5.97 Å². The molecule has 4 aromatic rings. The van der Waals surface area contributed by atoms with Crippen LogP contribution in [0.25, 0.3) is 21.8 Å². The van der Waals surface area contributed by atoms with Crippen molar-refractivity contribution >= 4 is 27.8 Å². The molecule has 3 nitrogen and oxygen atoms in total. The third kappa shape index (κ3) is 3.02. The second kappa shape index (κ2) is 7.07. The van der Waals surface area contributed by atoms with Crippen LogP contribution in [0.3, 0.4) is 0 Å². The number of carbonyl (C=O) groups is 1. The minimum atomic E-state index is -0.242. The van der Waals surface area contributed by atoms with Gasteiger partial charge in [0, 0.05) is 28.4 Å². The number of aromatic nitrogens is 1. The van der Waals surface area contributed by atoms with E-state index in [1.807, 2.05) is 6.07 Å². The highest BCUT2D eigenvalue weighted by Gasteiger charge is 2.15. The van der Waals surface area contributed by atoms with Gasteiger partial charge in [-0.2, -0.15) is 0 Å². The van der Waals surface area contributed by atoms with E-state index in [1.165, 1.54) is 45.6 Å². The van der Waals surface area contributed by atoms with E-state index in [-0.39, 0.29) is 5.97 Å². The lowest BCUT2D eigenvalue weighted by molar-refractivity contribution is 0.0599. The molecule has 3 aromatic carbocycles. The lowest BCUT2D eigenvalue weighted by Crippen LogP contribution is -2.08. The first-order valence-electron chi connectivity index (χ1n) is 10.4. The Hall–Kier alpha value is -3.07. The minimum Gasteiger partial charge on any atom is -0.465 e. The van der Waals surface area contributed by atoms with Crippen LogP contribution in [-0.4, -0.2) is 17.6 Å². The van der Waals surface area contributed by atoms with Crippen LogP contribution in [0.1, 0.15) is 39.5 Å². The molecule has 6 rings (SSSR count). The highest BCUT2D eigenvalue weighted by Crippen LogP contribution is 2.32. The maximum Gasteiger partial charge on any atom is 0.338 e. The molecule has 1 aromatic heterocycles. The van der Waals surface area contributed by atoms with Crippen molar-refractivity contribution in [2.75, 3.05) is 7.11 Å². The van der Waals surface area contributed by atoms with Crippen molar-refractivity contribution in [3.63, 3.8) is 0 Å². The Kier molecular flexibility index (Phi) is 4.39. The molecule has 2 aliphatic carbocycles. The summed E-state index contributed by atoms with van der Waals surface area (Å²) in [6.45, 7) is 3.17. The van der Waals surface area contributed by atoms with E-state index in [0.29, 0.717) is 5.56 Å². The summed E-state index contributed by atoms with van der Waals surface area (Å²) in [6, 6.07) is 20.0. The van der Waals surface area contributed by atoms with Crippen molar-refractivity contribution in [2.45, 2.75) is 39.2 Å². The maximum atomic E-state index is 12.4. The number of fused-ring (bicyclic) bond motifs is 4. The van der Waals surface area contributed by atoms with Gasteiger partial charge in [0.1, 0.15) is 0 Å². The summed E-state index contributed by atoms with van der Waals surface area (Å²) in [5, 5.41) is 2.68. The molecule has 6 bridgehead atoms. The molecule has 0 saturated carbocycles. The molecule has 0 N–H and O–H groups in total. The van der Waals surface area contributed by atoms with Gasteiger partial charge in [0.2, 0.25) is 0 Å². The molecule has 0 atom stereocenters. The molecule has 0 fully saturated rings. The maximum absolute atomic E-state index is 12.4. The number of ether oxygens (including phenoxy) is 1. The highest BCUT2D eigenvalue weighted by molar-refractivity contribution is 6.08. The van der Waals surface area contributed by atoms with E-state index in [4.69, 9.17) is 4.74 Å². The van der Waals surface area contributed by atoms with E-state index < -0.39 is 0 Å². The van der Waals surface area contributed by atoms with Gasteiger partial charge in [0.05, 0.1) is 12.7 Å². The number of carbonyl (C=O) groups excluding carboxylic acids is 1. The normalized spacial score (nSPS) is 13.6. The topological polar surface area (TPSA) is 31.2 Å². The fourth-order valence-electron chi connectivity index (χ4n) is 4.71. The summed E-state index contributed by atoms with van der Waals surface area (Å²) in [4.78, 5) is 12.4. The van der Waals surface area contributed by atoms with Gasteiger partial charge in [0.25, 0.3) is 0 Å². The van der Waals surface area contributed by atoms with Crippen LogP contribution in [0.4, 0.5) is 0 Å². The summed E-state index contributed by atoms with van der Waals surface area (Å²) < 4.78 is 7.46. The van der Waals surface area contributed by atoms with Crippen LogP contribution in [0.5, 0.6) is 0 Å². The van der Waals surface area contributed by atoms with Crippen molar-refractivity contribution < 1.29 is 9.53 Å². The first kappa shape index (κ1) is 18.0. The molecule has 3 heteroatoms. The number of methoxy groups -OCH3 is 1. The smallest absolute Gasteiger partial charge is 0.338 e. The highest BCUT2D eigenvalue weighted by atomic mass is 16.5. The van der Waals surface area contributed by atoms with Crippen LogP contribution in [-0.2, 0) is 37.0 Å². The van der Waals surface area contributed by atoms with Gasteiger partial charge in [0.15, 0.2) is 0 Å². The number of nitrogens with zero attached hydrogens (tertiary/aromatic N) is 1. The molecule has 1 heterocycles. The zero-order valence-electron chi connectivity index (χ0n) is 17.0. The molecule has 0 unspecified atom stereocenters. The number of hydrogen-bond acceptors (Lipinski definition) is 2. The number of hydrogen-bond donors (Lipinski definition) is 0. The average molecular weight is 383 g/mol. The van der Waals surface area contributed by atoms with E-state index >= 15 is 0 Å². The number of esters is 1. The third-order valence-electron chi connectivity index (χ3n) is 6.27. The summed E-state index contributed by atoms with van der Waals surface area (Å²) in [5.74, 6) is -0.242. The van der Waals surface area contributed by atoms with Gasteiger partial charge in [-0.25, -0.2) is 4.79 Å². The fraction of sp³-hybridized carbons (Fsp3) is 0.269. The van der Waals surface area contributed by atoms with Crippen molar-refractivity contribution in [1.29, 1.82) is 0 Å². The monoisotopic (exact) mass is 383 g/mol. The van der Waals surface area contributed by atoms with Crippen LogP contribution < -0.4 is 0 Å². The predicted molar refractivity (Wildman–Crippen MR) is 118 cm³/mol. The van der Waals surface area contributed by atoms with Crippen molar-refractivity contribution in [3.05, 3.63) is 82.4 Å². The van der Waals surface area contributed by atoms with Gasteiger partial charge in [-0.1, -0.05) is 24.3 Å². The van der Waals surface area contributed by atoms with E-state index in [0.717, 1.165) is 37.8 Å². The number of aryl methyl sites for hydroxylation is 5. The molecule has 29 heavy (non-hydrogen) atoms. The van der Waals surface area contributed by atoms with Gasteiger partial charge < -0.3 is 9.30 Å². The Balaban J connectivity index is 1.70. The summed E-state index contributed by atoms with van der Waals surface area (Å²) in [7, 11) is 1.46. The fourth-order valence-corrected chi connectivity index (χ4v) is 4.71.